The number of aryl methyl sites for hydroxylation is 2. The van der Waals surface area contributed by atoms with Crippen molar-refractivity contribution in [1.82, 2.24) is 15.3 Å². The van der Waals surface area contributed by atoms with E-state index in [1.165, 1.54) is 27.8 Å². The highest BCUT2D eigenvalue weighted by Crippen LogP contribution is 2.41. The monoisotopic (exact) mass is 436 g/mol. The topological polar surface area (TPSA) is 64.8 Å². The summed E-state index contributed by atoms with van der Waals surface area (Å²) in [5.41, 5.74) is 17.8. The molecule has 2 aromatic carbocycles. The zero-order chi connectivity index (χ0) is 23.4. The Morgan fingerprint density at radius 3 is 2.66 bits per heavy atom. The molecule has 0 fully saturated rings. The van der Waals surface area contributed by atoms with E-state index in [4.69, 9.17) is 5.73 Å². The lowest BCUT2D eigenvalue weighted by atomic mass is 9.90. The summed E-state index contributed by atoms with van der Waals surface area (Å²) in [6, 6.07) is 13.0. The van der Waals surface area contributed by atoms with Gasteiger partial charge in [-0.15, -0.1) is 0 Å². The van der Waals surface area contributed by atoms with Gasteiger partial charge in [0.05, 0.1) is 17.8 Å². The fourth-order valence-corrected chi connectivity index (χ4v) is 4.67. The van der Waals surface area contributed by atoms with Crippen molar-refractivity contribution in [3.8, 4) is 0 Å². The summed E-state index contributed by atoms with van der Waals surface area (Å²) in [6.45, 7) is 10.2. The number of rotatable bonds is 12. The van der Waals surface area contributed by atoms with Crippen molar-refractivity contribution in [1.29, 1.82) is 0 Å². The maximum absolute atomic E-state index is 10.7. The Morgan fingerprint density at radius 2 is 1.97 bits per heavy atom. The van der Waals surface area contributed by atoms with Gasteiger partial charge in [0.15, 0.2) is 0 Å². The van der Waals surface area contributed by atoms with Crippen LogP contribution in [0.3, 0.4) is 0 Å². The van der Waals surface area contributed by atoms with E-state index in [9.17, 15) is 5.11 Å². The summed E-state index contributed by atoms with van der Waals surface area (Å²) in [6.07, 6.45) is 2.34. The van der Waals surface area contributed by atoms with Crippen LogP contribution in [-0.4, -0.2) is 55.4 Å². The van der Waals surface area contributed by atoms with Gasteiger partial charge in [0.1, 0.15) is 0 Å². The molecule has 5 heteroatoms. The summed E-state index contributed by atoms with van der Waals surface area (Å²) < 4.78 is 0. The fourth-order valence-electron chi connectivity index (χ4n) is 4.67. The first-order chi connectivity index (χ1) is 15.3. The number of aliphatic hydroxyl groups excluding tert-OH is 1. The molecule has 0 aliphatic heterocycles. The van der Waals surface area contributed by atoms with Gasteiger partial charge in [-0.25, -0.2) is 5.43 Å². The van der Waals surface area contributed by atoms with E-state index >= 15 is 0 Å². The van der Waals surface area contributed by atoms with Gasteiger partial charge in [0.25, 0.3) is 0 Å². The second-order valence-electron chi connectivity index (χ2n) is 9.22. The van der Waals surface area contributed by atoms with Gasteiger partial charge in [-0.2, -0.15) is 0 Å². The number of hydrogen-bond donors (Lipinski definition) is 3. The Balaban J connectivity index is 1.58. The van der Waals surface area contributed by atoms with Crippen LogP contribution in [0.4, 0.5) is 0 Å². The number of nitrogens with one attached hydrogen (secondary N) is 1. The normalized spacial score (nSPS) is 16.6. The Morgan fingerprint density at radius 1 is 1.22 bits per heavy atom. The third-order valence-corrected chi connectivity index (χ3v) is 6.88. The fraction of sp³-hybridized carbons (Fsp3) is 0.481. The summed E-state index contributed by atoms with van der Waals surface area (Å²) in [7, 11) is 5.98. The van der Waals surface area contributed by atoms with Crippen molar-refractivity contribution in [2.75, 3.05) is 34.2 Å². The van der Waals surface area contributed by atoms with Crippen molar-refractivity contribution < 1.29 is 5.11 Å². The smallest absolute Gasteiger partial charge is 0.0670 e. The maximum Gasteiger partial charge on any atom is 0.0670 e. The van der Waals surface area contributed by atoms with Crippen molar-refractivity contribution in [3.63, 3.8) is 0 Å². The summed E-state index contributed by atoms with van der Waals surface area (Å²) in [5, 5.41) is 12.6. The van der Waals surface area contributed by atoms with Gasteiger partial charge < -0.3 is 20.7 Å². The van der Waals surface area contributed by atoms with Crippen molar-refractivity contribution in [2.24, 2.45) is 5.73 Å². The van der Waals surface area contributed by atoms with Gasteiger partial charge in [0, 0.05) is 27.2 Å². The van der Waals surface area contributed by atoms with Crippen LogP contribution in [0.25, 0.3) is 5.70 Å². The Labute approximate surface area is 193 Å². The van der Waals surface area contributed by atoms with Crippen molar-refractivity contribution in [2.45, 2.75) is 51.2 Å². The molecule has 32 heavy (non-hydrogen) atoms. The molecule has 1 aliphatic carbocycles. The first-order valence-electron chi connectivity index (χ1n) is 11.7. The van der Waals surface area contributed by atoms with Crippen LogP contribution in [0.15, 0.2) is 43.0 Å². The molecule has 0 bridgehead atoms. The molecular weight excluding hydrogens is 396 g/mol. The Kier molecular flexibility index (Phi) is 8.12. The molecule has 0 amide bonds. The molecule has 3 atom stereocenters. The average Bonchev–Trinajstić information content (AvgIpc) is 3.46. The minimum atomic E-state index is -0.347. The largest absolute Gasteiger partial charge is 0.392 e. The van der Waals surface area contributed by atoms with Crippen molar-refractivity contribution >= 4 is 5.70 Å². The zero-order valence-electron chi connectivity index (χ0n) is 20.4. The van der Waals surface area contributed by atoms with Crippen LogP contribution in [0.1, 0.15) is 65.1 Å². The number of likely N-dealkylation sites (N-methyl/N-ethyl adjacent to an activating group) is 1. The number of hydrogen-bond acceptors (Lipinski definition) is 5. The summed E-state index contributed by atoms with van der Waals surface area (Å²) in [4.78, 5) is 2.27. The number of hydrazine groups is 1. The molecule has 1 aliphatic rings. The lowest BCUT2D eigenvalue weighted by Crippen LogP contribution is -2.33. The van der Waals surface area contributed by atoms with E-state index in [1.54, 1.807) is 0 Å². The van der Waals surface area contributed by atoms with Gasteiger partial charge >= 0.3 is 0 Å². The molecule has 0 saturated heterocycles. The third kappa shape index (κ3) is 5.59. The van der Waals surface area contributed by atoms with Crippen LogP contribution in [0, 0.1) is 6.92 Å². The number of fused-ring (bicyclic) bond motifs is 1. The molecule has 0 aromatic heterocycles. The predicted molar refractivity (Wildman–Crippen MR) is 134 cm³/mol. The molecule has 3 rings (SSSR count). The molecule has 3 unspecified atom stereocenters. The molecule has 2 aromatic rings. The second-order valence-corrected chi connectivity index (χ2v) is 9.22. The first kappa shape index (κ1) is 24.5. The number of aliphatic hydroxyl groups is 1. The van der Waals surface area contributed by atoms with Gasteiger partial charge in [0.2, 0.25) is 0 Å². The molecule has 174 valence electrons. The van der Waals surface area contributed by atoms with Gasteiger partial charge in [-0.05, 0) is 78.6 Å². The molecular formula is C27H40N4O. The highest BCUT2D eigenvalue weighted by Gasteiger charge is 2.31. The number of benzene rings is 2. The lowest BCUT2D eigenvalue weighted by molar-refractivity contribution is 0.115. The van der Waals surface area contributed by atoms with Gasteiger partial charge in [-0.3, -0.25) is 0 Å². The van der Waals surface area contributed by atoms with E-state index in [-0.39, 0.29) is 12.1 Å². The van der Waals surface area contributed by atoms with Crippen LogP contribution >= 0.6 is 0 Å². The third-order valence-electron chi connectivity index (χ3n) is 6.88. The molecule has 4 N–H and O–H groups in total. The average molecular weight is 437 g/mol. The summed E-state index contributed by atoms with van der Waals surface area (Å²) in [5.74, 6) is 0.406. The van der Waals surface area contributed by atoms with E-state index in [0.29, 0.717) is 12.5 Å². The molecule has 0 radical (unpaired) electrons. The number of nitrogens with two attached hydrogens (primary N) is 1. The standard InChI is InChI=1S/C27H40N4O/c1-7-20(25-15-22(12-11-18(25)2)19(3)31(6)29-4)16-30(5)17-23(32)14-13-21-9-8-10-24-26(21)27(24)28/h8-12,15,20,23,27,29,32H,3,7,13-14,16-17,28H2,1-2,4-6H3. The summed E-state index contributed by atoms with van der Waals surface area (Å²) >= 11 is 0. The molecule has 0 saturated carbocycles. The predicted octanol–water partition coefficient (Wildman–Crippen LogP) is 3.81. The van der Waals surface area contributed by atoms with Crippen LogP contribution < -0.4 is 11.2 Å². The van der Waals surface area contributed by atoms with E-state index in [1.807, 2.05) is 19.1 Å². The minimum Gasteiger partial charge on any atom is -0.392 e. The quantitative estimate of drug-likeness (QED) is 0.442. The maximum atomic E-state index is 10.7. The van der Waals surface area contributed by atoms with Crippen LogP contribution in [0.5, 0.6) is 0 Å². The molecule has 5 nitrogen and oxygen atoms in total. The molecule has 0 heterocycles. The van der Waals surface area contributed by atoms with E-state index in [2.05, 4.69) is 74.2 Å². The Bertz CT molecular complexity index is 941. The lowest BCUT2D eigenvalue weighted by Gasteiger charge is -2.28. The zero-order valence-corrected chi connectivity index (χ0v) is 20.4. The molecule has 0 spiro atoms. The van der Waals surface area contributed by atoms with E-state index < -0.39 is 0 Å². The highest BCUT2D eigenvalue weighted by molar-refractivity contribution is 5.63. The van der Waals surface area contributed by atoms with Crippen LogP contribution in [-0.2, 0) is 6.42 Å². The van der Waals surface area contributed by atoms with Crippen LogP contribution in [0.2, 0.25) is 0 Å². The second kappa shape index (κ2) is 10.6. The minimum absolute atomic E-state index is 0.119. The highest BCUT2D eigenvalue weighted by atomic mass is 16.3. The first-order valence-corrected chi connectivity index (χ1v) is 11.7. The Hall–Kier alpha value is -2.18. The van der Waals surface area contributed by atoms with Gasteiger partial charge in [-0.1, -0.05) is 43.8 Å². The number of nitrogens with zero attached hydrogens (tertiary/aromatic N) is 2. The SMILES string of the molecule is C=C(c1ccc(C)c(C(CC)CN(C)CC(O)CCc2cccc3c2C3N)c1)N(C)NC. The van der Waals surface area contributed by atoms with E-state index in [0.717, 1.165) is 37.1 Å². The van der Waals surface area contributed by atoms with Crippen molar-refractivity contribution in [3.05, 3.63) is 76.4 Å².